The topological polar surface area (TPSA) is 39.9 Å². The fourth-order valence-corrected chi connectivity index (χ4v) is 2.01. The molecule has 0 N–H and O–H groups in total. The maximum atomic E-state index is 5.95. The van der Waals surface area contributed by atoms with Crippen molar-refractivity contribution in [3.8, 4) is 5.75 Å². The van der Waals surface area contributed by atoms with E-state index >= 15 is 0 Å². The zero-order valence-corrected chi connectivity index (χ0v) is 13.8. The maximum absolute atomic E-state index is 5.95. The van der Waals surface area contributed by atoms with Crippen LogP contribution in [0.4, 0.5) is 0 Å². The number of alkyl halides is 1. The SMILES string of the molecule is CC(Cl)c1cn(CCOc2ccc(C(C)(C)C)cc2)nn1. The molecule has 2 aromatic rings. The molecule has 4 nitrogen and oxygen atoms in total. The average molecular weight is 308 g/mol. The minimum Gasteiger partial charge on any atom is -0.492 e. The van der Waals surface area contributed by atoms with Crippen molar-refractivity contribution in [2.45, 2.75) is 45.0 Å². The summed E-state index contributed by atoms with van der Waals surface area (Å²) in [7, 11) is 0. The number of ether oxygens (including phenoxy) is 1. The minimum absolute atomic E-state index is 0.121. The summed E-state index contributed by atoms with van der Waals surface area (Å²) in [6.07, 6.45) is 1.85. The zero-order valence-electron chi connectivity index (χ0n) is 13.0. The third-order valence-electron chi connectivity index (χ3n) is 3.27. The predicted molar refractivity (Wildman–Crippen MR) is 84.9 cm³/mol. The molecule has 1 atom stereocenters. The van der Waals surface area contributed by atoms with Crippen LogP contribution in [0.15, 0.2) is 30.5 Å². The smallest absolute Gasteiger partial charge is 0.119 e. The summed E-state index contributed by atoms with van der Waals surface area (Å²) < 4.78 is 7.47. The second-order valence-corrected chi connectivity index (χ2v) is 6.80. The van der Waals surface area contributed by atoms with E-state index in [-0.39, 0.29) is 10.8 Å². The van der Waals surface area contributed by atoms with Gasteiger partial charge in [-0.25, -0.2) is 4.68 Å². The first-order chi connectivity index (χ1) is 9.86. The molecule has 114 valence electrons. The summed E-state index contributed by atoms with van der Waals surface area (Å²) in [5, 5.41) is 7.90. The van der Waals surface area contributed by atoms with E-state index in [0.29, 0.717) is 13.2 Å². The molecule has 0 bridgehead atoms. The summed E-state index contributed by atoms with van der Waals surface area (Å²) in [6, 6.07) is 8.23. The van der Waals surface area contributed by atoms with Gasteiger partial charge in [-0.15, -0.1) is 16.7 Å². The highest BCUT2D eigenvalue weighted by Crippen LogP contribution is 2.24. The molecule has 0 fully saturated rings. The molecule has 0 aliphatic heterocycles. The van der Waals surface area contributed by atoms with E-state index in [1.54, 1.807) is 4.68 Å². The Morgan fingerprint density at radius 1 is 1.24 bits per heavy atom. The molecule has 0 amide bonds. The first kappa shape index (κ1) is 15.8. The molecule has 1 aromatic carbocycles. The highest BCUT2D eigenvalue weighted by Gasteiger charge is 2.13. The number of benzene rings is 1. The van der Waals surface area contributed by atoms with Crippen molar-refractivity contribution in [2.75, 3.05) is 6.61 Å². The summed E-state index contributed by atoms with van der Waals surface area (Å²) in [5.41, 5.74) is 2.24. The standard InChI is InChI=1S/C16H22ClN3O/c1-12(17)15-11-20(19-18-15)9-10-21-14-7-5-13(6-8-14)16(2,3)4/h5-8,11-12H,9-10H2,1-4H3. The Morgan fingerprint density at radius 3 is 2.43 bits per heavy atom. The molecule has 0 saturated heterocycles. The normalized spacial score (nSPS) is 13.2. The Bertz CT molecular complexity index is 570. The van der Waals surface area contributed by atoms with Gasteiger partial charge in [0.15, 0.2) is 0 Å². The number of hydrogen-bond acceptors (Lipinski definition) is 3. The van der Waals surface area contributed by atoms with Crippen LogP contribution in [-0.4, -0.2) is 21.6 Å². The lowest BCUT2D eigenvalue weighted by atomic mass is 9.87. The van der Waals surface area contributed by atoms with E-state index in [2.05, 4.69) is 43.2 Å². The third-order valence-corrected chi connectivity index (χ3v) is 3.50. The molecule has 1 unspecified atom stereocenters. The van der Waals surface area contributed by atoms with Crippen molar-refractivity contribution in [1.29, 1.82) is 0 Å². The van der Waals surface area contributed by atoms with Crippen molar-refractivity contribution >= 4 is 11.6 Å². The van der Waals surface area contributed by atoms with Crippen molar-refractivity contribution in [2.24, 2.45) is 0 Å². The van der Waals surface area contributed by atoms with Crippen LogP contribution in [0.5, 0.6) is 5.75 Å². The highest BCUT2D eigenvalue weighted by molar-refractivity contribution is 6.20. The van der Waals surface area contributed by atoms with Gasteiger partial charge in [-0.05, 0) is 30.0 Å². The van der Waals surface area contributed by atoms with Crippen LogP contribution in [-0.2, 0) is 12.0 Å². The Kier molecular flexibility index (Phi) is 4.88. The largest absolute Gasteiger partial charge is 0.492 e. The molecule has 21 heavy (non-hydrogen) atoms. The second-order valence-electron chi connectivity index (χ2n) is 6.15. The molecular formula is C16H22ClN3O. The number of aromatic nitrogens is 3. The number of halogens is 1. The lowest BCUT2D eigenvalue weighted by Crippen LogP contribution is -2.11. The zero-order chi connectivity index (χ0) is 15.5. The van der Waals surface area contributed by atoms with Crippen LogP contribution in [0.25, 0.3) is 0 Å². The summed E-state index contributed by atoms with van der Waals surface area (Å²) in [5.74, 6) is 0.869. The van der Waals surface area contributed by atoms with Gasteiger partial charge >= 0.3 is 0 Å². The van der Waals surface area contributed by atoms with Gasteiger partial charge in [-0.3, -0.25) is 0 Å². The first-order valence-electron chi connectivity index (χ1n) is 7.14. The molecule has 2 rings (SSSR count). The second kappa shape index (κ2) is 6.48. The van der Waals surface area contributed by atoms with Crippen LogP contribution in [0.3, 0.4) is 0 Å². The van der Waals surface area contributed by atoms with E-state index in [4.69, 9.17) is 16.3 Å². The Balaban J connectivity index is 1.85. The van der Waals surface area contributed by atoms with Crippen LogP contribution in [0.2, 0.25) is 0 Å². The van der Waals surface area contributed by atoms with Gasteiger partial charge in [0.1, 0.15) is 18.1 Å². The fourth-order valence-electron chi connectivity index (χ4n) is 1.91. The molecular weight excluding hydrogens is 286 g/mol. The third kappa shape index (κ3) is 4.46. The van der Waals surface area contributed by atoms with Gasteiger partial charge < -0.3 is 4.74 Å². The minimum atomic E-state index is -0.121. The van der Waals surface area contributed by atoms with E-state index in [9.17, 15) is 0 Å². The quantitative estimate of drug-likeness (QED) is 0.785. The van der Waals surface area contributed by atoms with Crippen molar-refractivity contribution < 1.29 is 4.74 Å². The van der Waals surface area contributed by atoms with Gasteiger partial charge in [-0.1, -0.05) is 38.1 Å². The molecule has 1 heterocycles. The number of nitrogens with zero attached hydrogens (tertiary/aromatic N) is 3. The van der Waals surface area contributed by atoms with E-state index in [1.165, 1.54) is 5.56 Å². The summed E-state index contributed by atoms with van der Waals surface area (Å²) in [6.45, 7) is 9.67. The number of rotatable bonds is 5. The van der Waals surface area contributed by atoms with Gasteiger partial charge in [0, 0.05) is 0 Å². The van der Waals surface area contributed by atoms with Crippen LogP contribution >= 0.6 is 11.6 Å². The van der Waals surface area contributed by atoms with Gasteiger partial charge in [0.05, 0.1) is 18.1 Å². The van der Waals surface area contributed by atoms with Crippen LogP contribution in [0.1, 0.15) is 44.3 Å². The summed E-state index contributed by atoms with van der Waals surface area (Å²) >= 11 is 5.95. The van der Waals surface area contributed by atoms with Crippen molar-refractivity contribution in [3.05, 3.63) is 41.7 Å². The molecule has 0 saturated carbocycles. The Labute approximate surface area is 131 Å². The Hall–Kier alpha value is -1.55. The predicted octanol–water partition coefficient (Wildman–Crippen LogP) is 3.95. The lowest BCUT2D eigenvalue weighted by molar-refractivity contribution is 0.289. The van der Waals surface area contributed by atoms with Gasteiger partial charge in [0.2, 0.25) is 0 Å². The highest BCUT2D eigenvalue weighted by atomic mass is 35.5. The van der Waals surface area contributed by atoms with Gasteiger partial charge in [0.25, 0.3) is 0 Å². The van der Waals surface area contributed by atoms with Gasteiger partial charge in [-0.2, -0.15) is 0 Å². The first-order valence-corrected chi connectivity index (χ1v) is 7.57. The molecule has 0 aliphatic rings. The molecule has 0 spiro atoms. The summed E-state index contributed by atoms with van der Waals surface area (Å²) in [4.78, 5) is 0. The lowest BCUT2D eigenvalue weighted by Gasteiger charge is -2.19. The molecule has 0 aliphatic carbocycles. The van der Waals surface area contributed by atoms with E-state index in [1.807, 2.05) is 25.3 Å². The fraction of sp³-hybridized carbons (Fsp3) is 0.500. The Morgan fingerprint density at radius 2 is 1.90 bits per heavy atom. The monoisotopic (exact) mass is 307 g/mol. The molecule has 0 radical (unpaired) electrons. The van der Waals surface area contributed by atoms with Crippen molar-refractivity contribution in [1.82, 2.24) is 15.0 Å². The molecule has 1 aromatic heterocycles. The van der Waals surface area contributed by atoms with Crippen molar-refractivity contribution in [3.63, 3.8) is 0 Å². The van der Waals surface area contributed by atoms with Crippen LogP contribution in [0, 0.1) is 0 Å². The molecule has 5 heteroatoms. The van der Waals surface area contributed by atoms with Crippen LogP contribution < -0.4 is 4.74 Å². The van der Waals surface area contributed by atoms with E-state index < -0.39 is 0 Å². The maximum Gasteiger partial charge on any atom is 0.119 e. The van der Waals surface area contributed by atoms with E-state index in [0.717, 1.165) is 11.4 Å². The average Bonchev–Trinajstić information content (AvgIpc) is 2.87. The number of hydrogen-bond donors (Lipinski definition) is 0.